The molecule has 0 fully saturated rings. The molecule has 8 nitrogen and oxygen atoms in total. The van der Waals surface area contributed by atoms with E-state index >= 15 is 0 Å². The lowest BCUT2D eigenvalue weighted by atomic mass is 10.1. The molecule has 3 aromatic rings. The highest BCUT2D eigenvalue weighted by Gasteiger charge is 2.21. The molecule has 0 aliphatic heterocycles. The molecule has 0 radical (unpaired) electrons. The van der Waals surface area contributed by atoms with Gasteiger partial charge >= 0.3 is 0 Å². The van der Waals surface area contributed by atoms with Crippen molar-refractivity contribution in [3.05, 3.63) is 94.5 Å². The van der Waals surface area contributed by atoms with Crippen LogP contribution >= 0.6 is 0 Å². The first-order valence-electron chi connectivity index (χ1n) is 8.83. The van der Waals surface area contributed by atoms with Crippen molar-refractivity contribution < 1.29 is 21.8 Å². The lowest BCUT2D eigenvalue weighted by molar-refractivity contribution is -0.384. The summed E-state index contributed by atoms with van der Waals surface area (Å²) in [6.07, 6.45) is 0.319. The molecule has 1 N–H and O–H groups in total. The zero-order chi connectivity index (χ0) is 21.8. The number of nitro benzene ring substituents is 1. The Balaban J connectivity index is 1.73. The van der Waals surface area contributed by atoms with Crippen molar-refractivity contribution in [3.63, 3.8) is 0 Å². The smallest absolute Gasteiger partial charge is 0.258 e. The molecule has 3 aromatic carbocycles. The summed E-state index contributed by atoms with van der Waals surface area (Å²) in [5, 5.41) is 10.7. The van der Waals surface area contributed by atoms with Gasteiger partial charge in [-0.3, -0.25) is 10.1 Å². The van der Waals surface area contributed by atoms with Crippen LogP contribution in [-0.2, 0) is 26.3 Å². The molecular weight excluding hydrogens is 428 g/mol. The molecule has 10 heteroatoms. The van der Waals surface area contributed by atoms with Crippen LogP contribution in [0.25, 0.3) is 0 Å². The summed E-state index contributed by atoms with van der Waals surface area (Å²) in [4.78, 5) is 9.96. The van der Waals surface area contributed by atoms with Gasteiger partial charge < -0.3 is 0 Å². The maximum absolute atomic E-state index is 12.7. The van der Waals surface area contributed by atoms with E-state index in [2.05, 4.69) is 4.72 Å². The minimum Gasteiger partial charge on any atom is -0.258 e. The zero-order valence-electron chi connectivity index (χ0n) is 15.6. The number of hydrogen-bond acceptors (Lipinski definition) is 6. The topological polar surface area (TPSA) is 123 Å². The van der Waals surface area contributed by atoms with Crippen LogP contribution in [0.2, 0.25) is 0 Å². The van der Waals surface area contributed by atoms with Crippen LogP contribution in [0.4, 0.5) is 5.69 Å². The molecule has 0 atom stereocenters. The Labute approximate surface area is 174 Å². The first-order valence-corrected chi connectivity index (χ1v) is 11.8. The standard InChI is InChI=1S/C20H18N2O6S2/c23-22(24)17-11-9-16(10-12-17)13-14-21-30(27,28)20-8-4-7-19(15-20)29(25,26)18-5-2-1-3-6-18/h1-12,15,21H,13-14H2. The molecule has 0 unspecified atom stereocenters. The van der Waals surface area contributed by atoms with Gasteiger partial charge in [0.1, 0.15) is 0 Å². The second-order valence-corrected chi connectivity index (χ2v) is 10.1. The summed E-state index contributed by atoms with van der Waals surface area (Å²) in [6, 6.07) is 18.7. The average Bonchev–Trinajstić information content (AvgIpc) is 2.75. The lowest BCUT2D eigenvalue weighted by Gasteiger charge is -2.09. The third kappa shape index (κ3) is 4.90. The van der Waals surface area contributed by atoms with E-state index < -0.39 is 24.8 Å². The first-order chi connectivity index (χ1) is 14.2. The maximum atomic E-state index is 12.7. The second kappa shape index (κ2) is 8.74. The SMILES string of the molecule is O=[N+]([O-])c1ccc(CCNS(=O)(=O)c2cccc(S(=O)(=O)c3ccccc3)c2)cc1. The fraction of sp³-hybridized carbons (Fsp3) is 0.100. The van der Waals surface area contributed by atoms with E-state index in [1.807, 2.05) is 0 Å². The fourth-order valence-electron chi connectivity index (χ4n) is 2.74. The number of rotatable bonds is 8. The van der Waals surface area contributed by atoms with Crippen molar-refractivity contribution in [1.29, 1.82) is 0 Å². The van der Waals surface area contributed by atoms with Crippen molar-refractivity contribution in [1.82, 2.24) is 4.72 Å². The number of benzene rings is 3. The minimum absolute atomic E-state index is 0.0456. The molecule has 0 spiro atoms. The van der Waals surface area contributed by atoms with E-state index in [4.69, 9.17) is 0 Å². The third-order valence-corrected chi connectivity index (χ3v) is 7.56. The largest absolute Gasteiger partial charge is 0.269 e. The summed E-state index contributed by atoms with van der Waals surface area (Å²) in [5.74, 6) is 0. The fourth-order valence-corrected chi connectivity index (χ4v) is 5.22. The molecule has 0 amide bonds. The van der Waals surface area contributed by atoms with Crippen LogP contribution in [-0.4, -0.2) is 28.3 Å². The number of sulfone groups is 1. The van der Waals surface area contributed by atoms with Crippen molar-refractivity contribution >= 4 is 25.5 Å². The van der Waals surface area contributed by atoms with Crippen molar-refractivity contribution in [2.45, 2.75) is 21.1 Å². The minimum atomic E-state index is -3.94. The predicted molar refractivity (Wildman–Crippen MR) is 110 cm³/mol. The Hall–Kier alpha value is -3.08. The lowest BCUT2D eigenvalue weighted by Crippen LogP contribution is -2.26. The van der Waals surface area contributed by atoms with Crippen LogP contribution in [0.1, 0.15) is 5.56 Å². The molecule has 0 saturated carbocycles. The number of sulfonamides is 1. The van der Waals surface area contributed by atoms with Crippen LogP contribution in [0, 0.1) is 10.1 Å². The Morgan fingerprint density at radius 3 is 2.00 bits per heavy atom. The summed E-state index contributed by atoms with van der Waals surface area (Å²) in [5.41, 5.74) is 0.680. The molecule has 0 heterocycles. The molecule has 0 aliphatic rings. The number of non-ortho nitro benzene ring substituents is 1. The van der Waals surface area contributed by atoms with Crippen LogP contribution in [0.3, 0.4) is 0 Å². The summed E-state index contributed by atoms with van der Waals surface area (Å²) < 4.78 is 53.0. The van der Waals surface area contributed by atoms with Gasteiger partial charge in [0.05, 0.1) is 19.6 Å². The van der Waals surface area contributed by atoms with Gasteiger partial charge in [-0.15, -0.1) is 0 Å². The normalized spacial score (nSPS) is 11.9. The Bertz CT molecular complexity index is 1260. The molecule has 3 rings (SSSR count). The van der Waals surface area contributed by atoms with E-state index in [1.54, 1.807) is 30.3 Å². The number of nitro groups is 1. The van der Waals surface area contributed by atoms with Crippen LogP contribution in [0.5, 0.6) is 0 Å². The van der Waals surface area contributed by atoms with Gasteiger partial charge in [0.25, 0.3) is 5.69 Å². The van der Waals surface area contributed by atoms with Gasteiger partial charge in [-0.1, -0.05) is 36.4 Å². The number of nitrogens with zero attached hydrogens (tertiary/aromatic N) is 1. The summed E-state index contributed by atoms with van der Waals surface area (Å²) >= 11 is 0. The summed E-state index contributed by atoms with van der Waals surface area (Å²) in [7, 11) is -7.78. The van der Waals surface area contributed by atoms with Gasteiger partial charge in [0, 0.05) is 18.7 Å². The Kier molecular flexibility index (Phi) is 6.30. The third-order valence-electron chi connectivity index (χ3n) is 4.33. The van der Waals surface area contributed by atoms with E-state index in [-0.39, 0.29) is 26.9 Å². The first kappa shape index (κ1) is 21.6. The maximum Gasteiger partial charge on any atom is 0.269 e. The highest BCUT2D eigenvalue weighted by molar-refractivity contribution is 7.91. The zero-order valence-corrected chi connectivity index (χ0v) is 17.3. The molecule has 30 heavy (non-hydrogen) atoms. The van der Waals surface area contributed by atoms with Gasteiger partial charge in [-0.05, 0) is 42.3 Å². The quantitative estimate of drug-likeness (QED) is 0.419. The Morgan fingerprint density at radius 1 is 0.767 bits per heavy atom. The monoisotopic (exact) mass is 446 g/mol. The van der Waals surface area contributed by atoms with Crippen molar-refractivity contribution in [3.8, 4) is 0 Å². The van der Waals surface area contributed by atoms with E-state index in [9.17, 15) is 26.9 Å². The molecule has 156 valence electrons. The van der Waals surface area contributed by atoms with Crippen molar-refractivity contribution in [2.75, 3.05) is 6.54 Å². The van der Waals surface area contributed by atoms with Crippen molar-refractivity contribution in [2.24, 2.45) is 0 Å². The molecule has 0 saturated heterocycles. The van der Waals surface area contributed by atoms with Crippen LogP contribution < -0.4 is 4.72 Å². The number of hydrogen-bond donors (Lipinski definition) is 1. The van der Waals surface area contributed by atoms with Crippen LogP contribution in [0.15, 0.2) is 93.5 Å². The van der Waals surface area contributed by atoms with E-state index in [0.717, 1.165) is 11.6 Å². The average molecular weight is 447 g/mol. The highest BCUT2D eigenvalue weighted by Crippen LogP contribution is 2.23. The molecular formula is C20H18N2O6S2. The van der Waals surface area contributed by atoms with Gasteiger partial charge in [-0.2, -0.15) is 0 Å². The molecule has 0 bridgehead atoms. The van der Waals surface area contributed by atoms with Gasteiger partial charge in [0.2, 0.25) is 19.9 Å². The van der Waals surface area contributed by atoms with Gasteiger partial charge in [0.15, 0.2) is 0 Å². The van der Waals surface area contributed by atoms with Gasteiger partial charge in [-0.25, -0.2) is 21.6 Å². The molecule has 0 aliphatic carbocycles. The summed E-state index contributed by atoms with van der Waals surface area (Å²) in [6.45, 7) is 0.0514. The predicted octanol–water partition coefficient (Wildman–Crippen LogP) is 2.95. The van der Waals surface area contributed by atoms with E-state index in [0.29, 0.717) is 6.42 Å². The second-order valence-electron chi connectivity index (χ2n) is 6.36. The van der Waals surface area contributed by atoms with E-state index in [1.165, 1.54) is 42.5 Å². The highest BCUT2D eigenvalue weighted by atomic mass is 32.2. The Morgan fingerprint density at radius 2 is 1.37 bits per heavy atom. The molecule has 0 aromatic heterocycles. The number of nitrogens with one attached hydrogen (secondary N) is 1.